The molecule has 1 aromatic rings. The molecule has 1 rings (SSSR count). The summed E-state index contributed by atoms with van der Waals surface area (Å²) in [6.07, 6.45) is 0.793. The van der Waals surface area contributed by atoms with E-state index >= 15 is 0 Å². The van der Waals surface area contributed by atoms with E-state index in [1.165, 1.54) is 0 Å². The second-order valence-electron chi connectivity index (χ2n) is 2.38. The first-order chi connectivity index (χ1) is 6.31. The molecule has 13 heavy (non-hydrogen) atoms. The first-order valence-corrected chi connectivity index (χ1v) is 3.70. The number of hydrogen-bond donors (Lipinski definition) is 1. The van der Waals surface area contributed by atoms with E-state index in [2.05, 4.69) is 0 Å². The summed E-state index contributed by atoms with van der Waals surface area (Å²) in [4.78, 5) is 0. The van der Waals surface area contributed by atoms with Crippen molar-refractivity contribution in [2.75, 3.05) is 7.11 Å². The lowest BCUT2D eigenvalue weighted by Gasteiger charge is -2.00. The highest BCUT2D eigenvalue weighted by molar-refractivity contribution is 5.75. The van der Waals surface area contributed by atoms with Crippen molar-refractivity contribution in [2.45, 2.75) is 0 Å². The maximum atomic E-state index is 8.69. The molecule has 0 fully saturated rings. The SMILES string of the molecule is COc1ccc(/C(C#N)=C/O)cc1. The predicted octanol–water partition coefficient (Wildman–Crippen LogP) is 2.12. The summed E-state index contributed by atoms with van der Waals surface area (Å²) in [5, 5.41) is 17.3. The van der Waals surface area contributed by atoms with Gasteiger partial charge in [-0.1, -0.05) is 0 Å². The molecule has 3 nitrogen and oxygen atoms in total. The highest BCUT2D eigenvalue weighted by Crippen LogP contribution is 2.17. The highest BCUT2D eigenvalue weighted by atomic mass is 16.5. The number of aliphatic hydroxyl groups excluding tert-OH is 1. The minimum Gasteiger partial charge on any atom is -0.514 e. The molecule has 0 aliphatic heterocycles. The molecule has 0 aromatic heterocycles. The molecule has 0 saturated heterocycles. The average Bonchev–Trinajstić information content (AvgIpc) is 2.21. The van der Waals surface area contributed by atoms with Crippen LogP contribution in [0.1, 0.15) is 5.56 Å². The van der Waals surface area contributed by atoms with Gasteiger partial charge in [-0.05, 0) is 29.8 Å². The van der Waals surface area contributed by atoms with Crippen LogP contribution in [0.5, 0.6) is 5.75 Å². The van der Waals surface area contributed by atoms with Crippen LogP contribution in [0.4, 0.5) is 0 Å². The molecule has 3 heteroatoms. The number of nitrogens with zero attached hydrogens (tertiary/aromatic N) is 1. The summed E-state index contributed by atoms with van der Waals surface area (Å²) in [6, 6.07) is 8.77. The van der Waals surface area contributed by atoms with Gasteiger partial charge in [-0.15, -0.1) is 0 Å². The van der Waals surface area contributed by atoms with Crippen LogP contribution in [0.2, 0.25) is 0 Å². The third-order valence-electron chi connectivity index (χ3n) is 1.65. The molecule has 0 radical (unpaired) electrons. The van der Waals surface area contributed by atoms with Crippen molar-refractivity contribution in [2.24, 2.45) is 0 Å². The Hall–Kier alpha value is -1.95. The van der Waals surface area contributed by atoms with Crippen molar-refractivity contribution in [3.63, 3.8) is 0 Å². The number of ether oxygens (including phenoxy) is 1. The average molecular weight is 175 g/mol. The molecular formula is C10H9NO2. The van der Waals surface area contributed by atoms with Crippen molar-refractivity contribution in [3.8, 4) is 11.8 Å². The van der Waals surface area contributed by atoms with Gasteiger partial charge in [0.25, 0.3) is 0 Å². The monoisotopic (exact) mass is 175 g/mol. The first kappa shape index (κ1) is 9.14. The lowest BCUT2D eigenvalue weighted by molar-refractivity contribution is 0.415. The van der Waals surface area contributed by atoms with Crippen LogP contribution in [0.25, 0.3) is 5.57 Å². The number of benzene rings is 1. The van der Waals surface area contributed by atoms with Gasteiger partial charge in [0.2, 0.25) is 0 Å². The molecule has 66 valence electrons. The molecule has 0 atom stereocenters. The second kappa shape index (κ2) is 4.17. The van der Waals surface area contributed by atoms with Crippen LogP contribution in [0.15, 0.2) is 30.5 Å². The van der Waals surface area contributed by atoms with Gasteiger partial charge in [-0.3, -0.25) is 0 Å². The molecule has 0 amide bonds. The van der Waals surface area contributed by atoms with Gasteiger partial charge in [0.1, 0.15) is 11.8 Å². The molecule has 0 aliphatic rings. The third kappa shape index (κ3) is 2.00. The lowest BCUT2D eigenvalue weighted by Crippen LogP contribution is -1.84. The van der Waals surface area contributed by atoms with E-state index in [0.717, 1.165) is 12.0 Å². The Balaban J connectivity index is 3.00. The fourth-order valence-electron chi connectivity index (χ4n) is 0.939. The van der Waals surface area contributed by atoms with Crippen LogP contribution in [0.3, 0.4) is 0 Å². The summed E-state index contributed by atoms with van der Waals surface area (Å²) in [6.45, 7) is 0. The second-order valence-corrected chi connectivity index (χ2v) is 2.38. The molecule has 0 saturated carbocycles. The number of aliphatic hydroxyl groups is 1. The molecular weight excluding hydrogens is 166 g/mol. The fraction of sp³-hybridized carbons (Fsp3) is 0.100. The molecule has 0 aliphatic carbocycles. The molecule has 1 aromatic carbocycles. The fourth-order valence-corrected chi connectivity index (χ4v) is 0.939. The Labute approximate surface area is 76.5 Å². The smallest absolute Gasteiger partial charge is 0.118 e. The summed E-state index contributed by atoms with van der Waals surface area (Å²) in [5.41, 5.74) is 0.911. The first-order valence-electron chi connectivity index (χ1n) is 3.70. The Morgan fingerprint density at radius 2 is 2.08 bits per heavy atom. The van der Waals surface area contributed by atoms with Crippen molar-refractivity contribution >= 4 is 5.57 Å². The summed E-state index contributed by atoms with van der Waals surface area (Å²) >= 11 is 0. The van der Waals surface area contributed by atoms with Crippen LogP contribution in [-0.2, 0) is 0 Å². The van der Waals surface area contributed by atoms with E-state index in [1.807, 2.05) is 6.07 Å². The Morgan fingerprint density at radius 3 is 2.46 bits per heavy atom. The van der Waals surface area contributed by atoms with Crippen molar-refractivity contribution < 1.29 is 9.84 Å². The Bertz CT molecular complexity index is 346. The van der Waals surface area contributed by atoms with Crippen molar-refractivity contribution in [3.05, 3.63) is 36.1 Å². The minimum absolute atomic E-state index is 0.239. The summed E-state index contributed by atoms with van der Waals surface area (Å²) < 4.78 is 4.95. The van der Waals surface area contributed by atoms with Crippen LogP contribution in [0, 0.1) is 11.3 Å². The quantitative estimate of drug-likeness (QED) is 0.553. The number of methoxy groups -OCH3 is 1. The standard InChI is InChI=1S/C10H9NO2/c1-13-10-4-2-8(3-5-10)9(6-11)7-12/h2-5,7,12H,1H3/b9-7+. The zero-order valence-corrected chi connectivity index (χ0v) is 7.19. The van der Waals surface area contributed by atoms with Crippen molar-refractivity contribution in [1.82, 2.24) is 0 Å². The van der Waals surface area contributed by atoms with E-state index in [0.29, 0.717) is 5.56 Å². The Kier molecular flexibility index (Phi) is 2.93. The lowest BCUT2D eigenvalue weighted by atomic mass is 10.1. The highest BCUT2D eigenvalue weighted by Gasteiger charge is 1.99. The third-order valence-corrected chi connectivity index (χ3v) is 1.65. The van der Waals surface area contributed by atoms with E-state index in [1.54, 1.807) is 31.4 Å². The topological polar surface area (TPSA) is 53.2 Å². The van der Waals surface area contributed by atoms with Gasteiger partial charge in [0.05, 0.1) is 18.9 Å². The summed E-state index contributed by atoms with van der Waals surface area (Å²) in [5.74, 6) is 0.721. The largest absolute Gasteiger partial charge is 0.514 e. The van der Waals surface area contributed by atoms with E-state index in [4.69, 9.17) is 15.1 Å². The van der Waals surface area contributed by atoms with Gasteiger partial charge in [-0.2, -0.15) is 5.26 Å². The Morgan fingerprint density at radius 1 is 1.46 bits per heavy atom. The number of hydrogen-bond acceptors (Lipinski definition) is 3. The predicted molar refractivity (Wildman–Crippen MR) is 49.2 cm³/mol. The number of rotatable bonds is 2. The zero-order chi connectivity index (χ0) is 9.68. The minimum atomic E-state index is 0.239. The van der Waals surface area contributed by atoms with Gasteiger partial charge in [0, 0.05) is 0 Å². The molecule has 0 bridgehead atoms. The van der Waals surface area contributed by atoms with E-state index < -0.39 is 0 Å². The normalized spacial score (nSPS) is 10.6. The van der Waals surface area contributed by atoms with Crippen LogP contribution < -0.4 is 4.74 Å². The maximum Gasteiger partial charge on any atom is 0.118 e. The molecule has 0 heterocycles. The van der Waals surface area contributed by atoms with Crippen LogP contribution in [-0.4, -0.2) is 12.2 Å². The van der Waals surface area contributed by atoms with Crippen molar-refractivity contribution in [1.29, 1.82) is 5.26 Å². The summed E-state index contributed by atoms with van der Waals surface area (Å²) in [7, 11) is 1.57. The molecule has 0 unspecified atom stereocenters. The molecule has 0 spiro atoms. The number of nitriles is 1. The van der Waals surface area contributed by atoms with E-state index in [9.17, 15) is 0 Å². The van der Waals surface area contributed by atoms with Gasteiger partial charge in [0.15, 0.2) is 0 Å². The van der Waals surface area contributed by atoms with Crippen LogP contribution >= 0.6 is 0 Å². The van der Waals surface area contributed by atoms with Gasteiger partial charge < -0.3 is 9.84 Å². The zero-order valence-electron chi connectivity index (χ0n) is 7.19. The van der Waals surface area contributed by atoms with E-state index in [-0.39, 0.29) is 5.57 Å². The molecule has 1 N–H and O–H groups in total. The maximum absolute atomic E-state index is 8.69. The van der Waals surface area contributed by atoms with Gasteiger partial charge in [-0.25, -0.2) is 0 Å². The number of allylic oxidation sites excluding steroid dienone is 1. The van der Waals surface area contributed by atoms with Gasteiger partial charge >= 0.3 is 0 Å².